The summed E-state index contributed by atoms with van der Waals surface area (Å²) in [5.74, 6) is -0.307. The zero-order valence-corrected chi connectivity index (χ0v) is 15.4. The molecule has 0 aliphatic rings. The van der Waals surface area contributed by atoms with Crippen molar-refractivity contribution < 1.29 is 9.59 Å². The lowest BCUT2D eigenvalue weighted by Gasteiger charge is -2.08. The minimum absolute atomic E-state index is 0.0773. The highest BCUT2D eigenvalue weighted by atomic mass is 16.1. The number of ketones is 1. The van der Waals surface area contributed by atoms with Crippen LogP contribution in [0.1, 0.15) is 103 Å². The summed E-state index contributed by atoms with van der Waals surface area (Å²) in [4.78, 5) is 22.8. The molecule has 0 aliphatic heterocycles. The van der Waals surface area contributed by atoms with E-state index in [2.05, 4.69) is 6.92 Å². The molecule has 0 radical (unpaired) electrons. The molecule has 0 bridgehead atoms. The van der Waals surface area contributed by atoms with E-state index in [-0.39, 0.29) is 11.7 Å². The van der Waals surface area contributed by atoms with Gasteiger partial charge in [-0.3, -0.25) is 4.79 Å². The molecule has 1 unspecified atom stereocenters. The number of rotatable bonds is 18. The van der Waals surface area contributed by atoms with Crippen LogP contribution in [0.4, 0.5) is 0 Å². The quantitative estimate of drug-likeness (QED) is 0.214. The Bertz CT molecular complexity index is 279. The predicted octanol–water partition coefficient (Wildman–Crippen LogP) is 5.20. The number of aldehydes is 1. The molecule has 0 rings (SSSR count). The van der Waals surface area contributed by atoms with Crippen LogP contribution >= 0.6 is 0 Å². The third kappa shape index (κ3) is 14.6. The first kappa shape index (κ1) is 22.3. The third-order valence-corrected chi connectivity index (χ3v) is 4.57. The number of unbranched alkanes of at least 4 members (excludes halogenated alkanes) is 11. The van der Waals surface area contributed by atoms with Gasteiger partial charge in [0.1, 0.15) is 12.1 Å². The largest absolute Gasteiger partial charge is 0.330 e. The van der Waals surface area contributed by atoms with Crippen molar-refractivity contribution in [3.05, 3.63) is 0 Å². The average molecular weight is 326 g/mol. The van der Waals surface area contributed by atoms with Gasteiger partial charge in [-0.15, -0.1) is 0 Å². The first-order valence-corrected chi connectivity index (χ1v) is 9.94. The van der Waals surface area contributed by atoms with Gasteiger partial charge in [0.2, 0.25) is 0 Å². The highest BCUT2D eigenvalue weighted by Gasteiger charge is 2.16. The summed E-state index contributed by atoms with van der Waals surface area (Å²) in [7, 11) is 0. The summed E-state index contributed by atoms with van der Waals surface area (Å²) >= 11 is 0. The molecule has 0 saturated heterocycles. The van der Waals surface area contributed by atoms with Crippen LogP contribution in [0.25, 0.3) is 0 Å². The highest BCUT2D eigenvalue weighted by Crippen LogP contribution is 2.15. The van der Waals surface area contributed by atoms with E-state index in [4.69, 9.17) is 5.73 Å². The molecular formula is C20H39NO2. The predicted molar refractivity (Wildman–Crippen MR) is 98.5 cm³/mol. The van der Waals surface area contributed by atoms with Crippen LogP contribution < -0.4 is 5.73 Å². The first-order chi connectivity index (χ1) is 11.3. The van der Waals surface area contributed by atoms with E-state index in [1.54, 1.807) is 0 Å². The lowest BCUT2D eigenvalue weighted by atomic mass is 9.95. The second kappa shape index (κ2) is 17.7. The molecular weight excluding hydrogens is 286 g/mol. The SMILES string of the molecule is CCCCCCCCCCCCCCC(C=O)C(=O)CCCN. The van der Waals surface area contributed by atoms with Crippen LogP contribution in [-0.4, -0.2) is 18.6 Å². The summed E-state index contributed by atoms with van der Waals surface area (Å²) in [5.41, 5.74) is 5.40. The van der Waals surface area contributed by atoms with Gasteiger partial charge in [-0.05, 0) is 19.4 Å². The minimum Gasteiger partial charge on any atom is -0.330 e. The monoisotopic (exact) mass is 325 g/mol. The molecule has 0 saturated carbocycles. The van der Waals surface area contributed by atoms with Crippen molar-refractivity contribution in [2.45, 2.75) is 103 Å². The number of hydrogen-bond donors (Lipinski definition) is 1. The van der Waals surface area contributed by atoms with Gasteiger partial charge in [0.25, 0.3) is 0 Å². The lowest BCUT2D eigenvalue weighted by molar-refractivity contribution is -0.127. The van der Waals surface area contributed by atoms with Gasteiger partial charge in [-0.25, -0.2) is 0 Å². The van der Waals surface area contributed by atoms with Gasteiger partial charge < -0.3 is 10.5 Å². The molecule has 0 aromatic carbocycles. The second-order valence-electron chi connectivity index (χ2n) is 6.78. The van der Waals surface area contributed by atoms with Crippen LogP contribution in [0.15, 0.2) is 0 Å². The fraction of sp³-hybridized carbons (Fsp3) is 0.900. The van der Waals surface area contributed by atoms with Gasteiger partial charge in [0, 0.05) is 6.42 Å². The van der Waals surface area contributed by atoms with Crippen molar-refractivity contribution in [2.24, 2.45) is 11.7 Å². The van der Waals surface area contributed by atoms with Crippen molar-refractivity contribution in [3.8, 4) is 0 Å². The van der Waals surface area contributed by atoms with Crippen molar-refractivity contribution in [3.63, 3.8) is 0 Å². The zero-order valence-electron chi connectivity index (χ0n) is 15.4. The molecule has 0 amide bonds. The molecule has 0 heterocycles. The molecule has 0 aromatic heterocycles. The minimum atomic E-state index is -0.385. The van der Waals surface area contributed by atoms with Crippen LogP contribution in [0.2, 0.25) is 0 Å². The van der Waals surface area contributed by atoms with Crippen molar-refractivity contribution in [1.82, 2.24) is 0 Å². The third-order valence-electron chi connectivity index (χ3n) is 4.57. The summed E-state index contributed by atoms with van der Waals surface area (Å²) < 4.78 is 0. The van der Waals surface area contributed by atoms with Gasteiger partial charge in [0.05, 0.1) is 5.92 Å². The van der Waals surface area contributed by atoms with Gasteiger partial charge in [-0.2, -0.15) is 0 Å². The Balaban J connectivity index is 3.37. The second-order valence-corrected chi connectivity index (χ2v) is 6.78. The summed E-state index contributed by atoms with van der Waals surface area (Å²) in [5, 5.41) is 0. The Morgan fingerprint density at radius 2 is 1.30 bits per heavy atom. The number of Topliss-reactive ketones (excluding diaryl/α,β-unsaturated/α-hetero) is 1. The maximum absolute atomic E-state index is 11.8. The van der Waals surface area contributed by atoms with Gasteiger partial charge in [-0.1, -0.05) is 84.0 Å². The highest BCUT2D eigenvalue weighted by molar-refractivity contribution is 5.93. The number of hydrogen-bond acceptors (Lipinski definition) is 3. The molecule has 23 heavy (non-hydrogen) atoms. The standard InChI is InChI=1S/C20H39NO2/c1-2-3-4-5-6-7-8-9-10-11-12-13-15-19(18-22)20(23)16-14-17-21/h18-19H,2-17,21H2,1H3. The van der Waals surface area contributed by atoms with Gasteiger partial charge in [0.15, 0.2) is 0 Å². The fourth-order valence-corrected chi connectivity index (χ4v) is 2.97. The van der Waals surface area contributed by atoms with Crippen molar-refractivity contribution in [1.29, 1.82) is 0 Å². The molecule has 0 fully saturated rings. The van der Waals surface area contributed by atoms with Crippen LogP contribution in [0.3, 0.4) is 0 Å². The fourth-order valence-electron chi connectivity index (χ4n) is 2.97. The maximum Gasteiger partial charge on any atom is 0.143 e. The smallest absolute Gasteiger partial charge is 0.143 e. The molecule has 3 nitrogen and oxygen atoms in total. The van der Waals surface area contributed by atoms with E-state index in [0.29, 0.717) is 19.4 Å². The Morgan fingerprint density at radius 3 is 1.74 bits per heavy atom. The van der Waals surface area contributed by atoms with E-state index in [0.717, 1.165) is 25.5 Å². The van der Waals surface area contributed by atoms with Crippen LogP contribution in [0, 0.1) is 5.92 Å². The van der Waals surface area contributed by atoms with E-state index in [1.165, 1.54) is 64.2 Å². The summed E-state index contributed by atoms with van der Waals surface area (Å²) in [6.07, 6.45) is 18.4. The molecule has 0 spiro atoms. The van der Waals surface area contributed by atoms with E-state index < -0.39 is 0 Å². The molecule has 0 aliphatic carbocycles. The number of carbonyl (C=O) groups is 2. The van der Waals surface area contributed by atoms with E-state index in [1.807, 2.05) is 0 Å². The Hall–Kier alpha value is -0.700. The first-order valence-electron chi connectivity index (χ1n) is 9.94. The molecule has 2 N–H and O–H groups in total. The summed E-state index contributed by atoms with van der Waals surface area (Å²) in [6.45, 7) is 2.78. The number of nitrogens with two attached hydrogens (primary N) is 1. The normalized spacial score (nSPS) is 12.3. The molecule has 0 aromatic rings. The topological polar surface area (TPSA) is 60.2 Å². The van der Waals surface area contributed by atoms with Crippen LogP contribution in [0.5, 0.6) is 0 Å². The Kier molecular flexibility index (Phi) is 17.1. The maximum atomic E-state index is 11.8. The van der Waals surface area contributed by atoms with Crippen molar-refractivity contribution >= 4 is 12.1 Å². The molecule has 1 atom stereocenters. The van der Waals surface area contributed by atoms with Crippen molar-refractivity contribution in [2.75, 3.05) is 6.54 Å². The Morgan fingerprint density at radius 1 is 0.826 bits per heavy atom. The average Bonchev–Trinajstić information content (AvgIpc) is 2.57. The van der Waals surface area contributed by atoms with Crippen LogP contribution in [-0.2, 0) is 9.59 Å². The summed E-state index contributed by atoms with van der Waals surface area (Å²) in [6, 6.07) is 0. The van der Waals surface area contributed by atoms with E-state index in [9.17, 15) is 9.59 Å². The number of carbonyl (C=O) groups excluding carboxylic acids is 2. The lowest BCUT2D eigenvalue weighted by Crippen LogP contribution is -2.17. The zero-order chi connectivity index (χ0) is 17.2. The van der Waals surface area contributed by atoms with E-state index >= 15 is 0 Å². The molecule has 3 heteroatoms. The van der Waals surface area contributed by atoms with Gasteiger partial charge >= 0.3 is 0 Å². The Labute approximate surface area is 143 Å². The molecule has 136 valence electrons.